The van der Waals surface area contributed by atoms with Gasteiger partial charge in [-0.25, -0.2) is 4.98 Å². The lowest BCUT2D eigenvalue weighted by molar-refractivity contribution is 0.760. The summed E-state index contributed by atoms with van der Waals surface area (Å²) in [5.41, 5.74) is 7.79. The molecule has 0 saturated heterocycles. The molecule has 1 aromatic carbocycles. The van der Waals surface area contributed by atoms with Crippen LogP contribution >= 0.6 is 0 Å². The van der Waals surface area contributed by atoms with Crippen LogP contribution in [0.2, 0.25) is 0 Å². The number of aromatic nitrogens is 2. The SMILES string of the molecule is C=C.CC.CC.CCC/C=c1/nc(CCCC)[nH]/c1=C\C=C\c1ccccc1N. The van der Waals surface area contributed by atoms with E-state index in [-0.39, 0.29) is 0 Å². The monoisotopic (exact) mass is 397 g/mol. The number of H-pyrrole nitrogens is 1. The van der Waals surface area contributed by atoms with Gasteiger partial charge in [0, 0.05) is 12.1 Å². The molecule has 0 atom stereocenters. The molecular formula is C26H43N3. The molecule has 0 radical (unpaired) electrons. The Labute approximate surface area is 179 Å². The predicted octanol–water partition coefficient (Wildman–Crippen LogP) is 6.26. The Morgan fingerprint density at radius 2 is 1.69 bits per heavy atom. The predicted molar refractivity (Wildman–Crippen MR) is 134 cm³/mol. The highest BCUT2D eigenvalue weighted by Gasteiger charge is 1.98. The van der Waals surface area contributed by atoms with Crippen molar-refractivity contribution < 1.29 is 0 Å². The van der Waals surface area contributed by atoms with E-state index in [1.165, 1.54) is 6.42 Å². The third-order valence-corrected chi connectivity index (χ3v) is 3.74. The molecule has 29 heavy (non-hydrogen) atoms. The average Bonchev–Trinajstić information content (AvgIpc) is 3.18. The van der Waals surface area contributed by atoms with Crippen LogP contribution in [0.3, 0.4) is 0 Å². The van der Waals surface area contributed by atoms with Gasteiger partial charge in [-0.15, -0.1) is 13.2 Å². The van der Waals surface area contributed by atoms with Gasteiger partial charge in [0.1, 0.15) is 5.82 Å². The zero-order valence-corrected chi connectivity index (χ0v) is 19.6. The van der Waals surface area contributed by atoms with Gasteiger partial charge in [-0.1, -0.05) is 90.8 Å². The summed E-state index contributed by atoms with van der Waals surface area (Å²) in [4.78, 5) is 8.17. The Morgan fingerprint density at radius 1 is 1.03 bits per heavy atom. The van der Waals surface area contributed by atoms with Crippen LogP contribution in [0.5, 0.6) is 0 Å². The molecular weight excluding hydrogens is 354 g/mol. The molecule has 0 aliphatic heterocycles. The number of aromatic amines is 1. The minimum absolute atomic E-state index is 0.795. The fraction of sp³-hybridized carbons (Fsp3) is 0.423. The Morgan fingerprint density at radius 3 is 2.28 bits per heavy atom. The summed E-state index contributed by atoms with van der Waals surface area (Å²) >= 11 is 0. The van der Waals surface area contributed by atoms with Crippen LogP contribution in [0.25, 0.3) is 18.2 Å². The summed E-state index contributed by atoms with van der Waals surface area (Å²) < 4.78 is 0. The van der Waals surface area contributed by atoms with E-state index < -0.39 is 0 Å². The molecule has 2 rings (SSSR count). The number of nitrogen functional groups attached to an aromatic ring is 1. The topological polar surface area (TPSA) is 54.7 Å². The highest BCUT2D eigenvalue weighted by molar-refractivity contribution is 5.67. The minimum atomic E-state index is 0.795. The van der Waals surface area contributed by atoms with E-state index in [1.54, 1.807) is 0 Å². The fourth-order valence-corrected chi connectivity index (χ4v) is 2.39. The number of nitrogens with zero attached hydrogens (tertiary/aromatic N) is 1. The number of anilines is 1. The summed E-state index contributed by atoms with van der Waals surface area (Å²) in [6, 6.07) is 7.88. The summed E-state index contributed by atoms with van der Waals surface area (Å²) in [6.07, 6.45) is 13.9. The number of para-hydroxylation sites is 1. The highest BCUT2D eigenvalue weighted by Crippen LogP contribution is 2.11. The van der Waals surface area contributed by atoms with Crippen molar-refractivity contribution in [1.29, 1.82) is 0 Å². The maximum absolute atomic E-state index is 5.96. The van der Waals surface area contributed by atoms with E-state index >= 15 is 0 Å². The van der Waals surface area contributed by atoms with E-state index in [9.17, 15) is 0 Å². The third kappa shape index (κ3) is 11.8. The fourth-order valence-electron chi connectivity index (χ4n) is 2.39. The van der Waals surface area contributed by atoms with Gasteiger partial charge in [-0.3, -0.25) is 0 Å². The normalized spacial score (nSPS) is 11.1. The van der Waals surface area contributed by atoms with Gasteiger partial charge in [0.2, 0.25) is 0 Å². The largest absolute Gasteiger partial charge is 0.398 e. The van der Waals surface area contributed by atoms with Gasteiger partial charge in [-0.2, -0.15) is 0 Å². The number of nitrogens with one attached hydrogen (secondary N) is 1. The van der Waals surface area contributed by atoms with E-state index in [2.05, 4.69) is 44.1 Å². The van der Waals surface area contributed by atoms with Crippen molar-refractivity contribution >= 4 is 23.9 Å². The first-order chi connectivity index (χ1) is 14.2. The number of rotatable bonds is 7. The smallest absolute Gasteiger partial charge is 0.107 e. The number of aryl methyl sites for hydroxylation is 1. The van der Waals surface area contributed by atoms with Crippen LogP contribution in [0.1, 0.15) is 78.6 Å². The zero-order chi connectivity index (χ0) is 22.5. The lowest BCUT2D eigenvalue weighted by Crippen LogP contribution is -2.23. The third-order valence-electron chi connectivity index (χ3n) is 3.74. The summed E-state index contributed by atoms with van der Waals surface area (Å²) in [6.45, 7) is 18.4. The highest BCUT2D eigenvalue weighted by atomic mass is 14.9. The Hall–Kier alpha value is -2.55. The second-order valence-electron chi connectivity index (χ2n) is 5.73. The second-order valence-corrected chi connectivity index (χ2v) is 5.73. The quantitative estimate of drug-likeness (QED) is 0.428. The molecule has 0 fully saturated rings. The molecule has 3 heteroatoms. The molecule has 162 valence electrons. The van der Waals surface area contributed by atoms with Crippen molar-refractivity contribution in [3.63, 3.8) is 0 Å². The van der Waals surface area contributed by atoms with Crippen molar-refractivity contribution in [3.05, 3.63) is 65.6 Å². The molecule has 3 nitrogen and oxygen atoms in total. The minimum Gasteiger partial charge on any atom is -0.398 e. The van der Waals surface area contributed by atoms with Crippen LogP contribution in [-0.2, 0) is 6.42 Å². The maximum atomic E-state index is 5.96. The van der Waals surface area contributed by atoms with Crippen LogP contribution in [-0.4, -0.2) is 9.97 Å². The van der Waals surface area contributed by atoms with Crippen molar-refractivity contribution in [2.24, 2.45) is 0 Å². The van der Waals surface area contributed by atoms with E-state index in [4.69, 9.17) is 10.7 Å². The van der Waals surface area contributed by atoms with Gasteiger partial charge in [0.05, 0.1) is 10.7 Å². The first-order valence-corrected chi connectivity index (χ1v) is 11.0. The van der Waals surface area contributed by atoms with Crippen molar-refractivity contribution in [3.8, 4) is 0 Å². The van der Waals surface area contributed by atoms with Gasteiger partial charge in [-0.05, 0) is 30.5 Å². The molecule has 2 aromatic rings. The average molecular weight is 398 g/mol. The maximum Gasteiger partial charge on any atom is 0.107 e. The molecule has 0 unspecified atom stereocenters. The molecule has 0 aliphatic rings. The molecule has 0 bridgehead atoms. The van der Waals surface area contributed by atoms with Crippen LogP contribution in [0.4, 0.5) is 5.69 Å². The molecule has 0 saturated carbocycles. The van der Waals surface area contributed by atoms with Gasteiger partial charge in [0.15, 0.2) is 0 Å². The number of nitrogens with two attached hydrogens (primary N) is 1. The molecule has 0 aliphatic carbocycles. The first kappa shape index (κ1) is 28.7. The standard InChI is InChI=1S/C20H27N3.2C2H6.C2H4/c1-3-5-13-18-19(23-20(22-18)15-6-4-2)14-9-11-16-10-7-8-12-17(16)21;3*1-2/h7-14H,3-6,15,21H2,1-2H3,(H,22,23);2*1-2H3;1-2H2/b11-9+,18-13+,19-14-;;;. The summed E-state index contributed by atoms with van der Waals surface area (Å²) in [5, 5.41) is 2.14. The molecule has 3 N–H and O–H groups in total. The number of benzene rings is 1. The van der Waals surface area contributed by atoms with Gasteiger partial charge in [0.25, 0.3) is 0 Å². The van der Waals surface area contributed by atoms with Crippen molar-refractivity contribution in [2.75, 3.05) is 5.73 Å². The van der Waals surface area contributed by atoms with E-state index in [0.717, 1.165) is 53.5 Å². The number of allylic oxidation sites excluding steroid dienone is 1. The summed E-state index contributed by atoms with van der Waals surface area (Å²) in [5.74, 6) is 1.08. The number of unbranched alkanes of at least 4 members (excludes halogenated alkanes) is 2. The van der Waals surface area contributed by atoms with Crippen LogP contribution < -0.4 is 16.4 Å². The number of hydrogen-bond acceptors (Lipinski definition) is 2. The summed E-state index contributed by atoms with van der Waals surface area (Å²) in [7, 11) is 0. The van der Waals surface area contributed by atoms with Gasteiger partial charge < -0.3 is 10.7 Å². The lowest BCUT2D eigenvalue weighted by Gasteiger charge is -1.96. The number of hydrogen-bond donors (Lipinski definition) is 2. The molecule has 0 amide bonds. The number of imidazole rings is 1. The molecule has 1 heterocycles. The van der Waals surface area contributed by atoms with Crippen molar-refractivity contribution in [2.45, 2.75) is 73.6 Å². The van der Waals surface area contributed by atoms with Crippen LogP contribution in [0, 0.1) is 0 Å². The lowest BCUT2D eigenvalue weighted by atomic mass is 10.1. The van der Waals surface area contributed by atoms with E-state index in [1.807, 2.05) is 64.1 Å². The van der Waals surface area contributed by atoms with E-state index in [0.29, 0.717) is 0 Å². The molecule has 0 spiro atoms. The van der Waals surface area contributed by atoms with Crippen molar-refractivity contribution in [1.82, 2.24) is 9.97 Å². The van der Waals surface area contributed by atoms with Crippen LogP contribution in [0.15, 0.2) is 43.5 Å². The Kier molecular flexibility index (Phi) is 20.0. The Bertz CT molecular complexity index is 769. The first-order valence-electron chi connectivity index (χ1n) is 11.0. The Balaban J connectivity index is 0. The zero-order valence-electron chi connectivity index (χ0n) is 19.6. The molecule has 1 aromatic heterocycles. The second kappa shape index (κ2) is 20.2. The van der Waals surface area contributed by atoms with Gasteiger partial charge >= 0.3 is 0 Å².